The standard InChI is InChI=1S/C13H15ClN2S/c14-9-5-6-12-11(7-9)16-13(17-12)8-15-10-3-1-2-4-10/h5-7,10,15H,1-4,8H2. The molecule has 2 nitrogen and oxygen atoms in total. The SMILES string of the molecule is Clc1ccc2sc(CNC3CCCC3)nc2c1. The lowest BCUT2D eigenvalue weighted by atomic mass is 10.2. The summed E-state index contributed by atoms with van der Waals surface area (Å²) in [5.74, 6) is 0. The van der Waals surface area contributed by atoms with Gasteiger partial charge in [0, 0.05) is 17.6 Å². The minimum Gasteiger partial charge on any atom is -0.308 e. The maximum Gasteiger partial charge on any atom is 0.108 e. The molecule has 0 spiro atoms. The molecule has 0 aliphatic heterocycles. The van der Waals surface area contributed by atoms with Gasteiger partial charge in [-0.2, -0.15) is 0 Å². The van der Waals surface area contributed by atoms with E-state index in [0.717, 1.165) is 22.1 Å². The van der Waals surface area contributed by atoms with Gasteiger partial charge in [0.15, 0.2) is 0 Å². The number of halogens is 1. The van der Waals surface area contributed by atoms with E-state index in [2.05, 4.69) is 16.4 Å². The first-order valence-electron chi connectivity index (χ1n) is 6.09. The van der Waals surface area contributed by atoms with Crippen molar-refractivity contribution in [2.24, 2.45) is 0 Å². The second kappa shape index (κ2) is 4.92. The van der Waals surface area contributed by atoms with Crippen LogP contribution in [0.15, 0.2) is 18.2 Å². The molecule has 1 aliphatic carbocycles. The fourth-order valence-electron chi connectivity index (χ4n) is 2.39. The van der Waals surface area contributed by atoms with Crippen LogP contribution < -0.4 is 5.32 Å². The monoisotopic (exact) mass is 266 g/mol. The van der Waals surface area contributed by atoms with E-state index in [0.29, 0.717) is 6.04 Å². The number of rotatable bonds is 3. The van der Waals surface area contributed by atoms with Gasteiger partial charge in [-0.25, -0.2) is 4.98 Å². The zero-order chi connectivity index (χ0) is 11.7. The van der Waals surface area contributed by atoms with E-state index in [4.69, 9.17) is 11.6 Å². The van der Waals surface area contributed by atoms with E-state index in [-0.39, 0.29) is 0 Å². The highest BCUT2D eigenvalue weighted by Gasteiger charge is 2.14. The number of nitrogens with one attached hydrogen (secondary N) is 1. The van der Waals surface area contributed by atoms with Gasteiger partial charge in [-0.1, -0.05) is 24.4 Å². The number of hydrogen-bond acceptors (Lipinski definition) is 3. The molecule has 1 aromatic heterocycles. The Morgan fingerprint density at radius 3 is 3.00 bits per heavy atom. The Kier molecular flexibility index (Phi) is 3.32. The van der Waals surface area contributed by atoms with Gasteiger partial charge in [0.2, 0.25) is 0 Å². The first-order valence-corrected chi connectivity index (χ1v) is 7.29. The number of nitrogens with zero attached hydrogens (tertiary/aromatic N) is 1. The van der Waals surface area contributed by atoms with Crippen LogP contribution in [0.25, 0.3) is 10.2 Å². The zero-order valence-corrected chi connectivity index (χ0v) is 11.2. The second-order valence-corrected chi connectivity index (χ2v) is 6.13. The Bertz CT molecular complexity index is 517. The molecule has 3 rings (SSSR count). The lowest BCUT2D eigenvalue weighted by Gasteiger charge is -2.09. The Hall–Kier alpha value is -0.640. The highest BCUT2D eigenvalue weighted by molar-refractivity contribution is 7.18. The topological polar surface area (TPSA) is 24.9 Å². The lowest BCUT2D eigenvalue weighted by Crippen LogP contribution is -2.25. The average Bonchev–Trinajstić information content (AvgIpc) is 2.94. The van der Waals surface area contributed by atoms with Crippen LogP contribution in [0.3, 0.4) is 0 Å². The van der Waals surface area contributed by atoms with E-state index >= 15 is 0 Å². The van der Waals surface area contributed by atoms with Gasteiger partial charge in [0.25, 0.3) is 0 Å². The average molecular weight is 267 g/mol. The maximum absolute atomic E-state index is 5.96. The van der Waals surface area contributed by atoms with E-state index in [1.165, 1.54) is 30.4 Å². The molecule has 0 unspecified atom stereocenters. The summed E-state index contributed by atoms with van der Waals surface area (Å²) in [6, 6.07) is 6.61. The van der Waals surface area contributed by atoms with Gasteiger partial charge in [0.1, 0.15) is 5.01 Å². The van der Waals surface area contributed by atoms with Gasteiger partial charge in [-0.05, 0) is 31.0 Å². The third-order valence-corrected chi connectivity index (χ3v) is 4.56. The molecule has 0 saturated heterocycles. The summed E-state index contributed by atoms with van der Waals surface area (Å²) >= 11 is 7.71. The van der Waals surface area contributed by atoms with Crippen LogP contribution in [0.5, 0.6) is 0 Å². The minimum absolute atomic E-state index is 0.700. The molecule has 1 N–H and O–H groups in total. The van der Waals surface area contributed by atoms with Crippen LogP contribution in [0, 0.1) is 0 Å². The summed E-state index contributed by atoms with van der Waals surface area (Å²) in [4.78, 5) is 4.61. The molecule has 90 valence electrons. The number of benzene rings is 1. The molecule has 17 heavy (non-hydrogen) atoms. The fourth-order valence-corrected chi connectivity index (χ4v) is 3.45. The summed E-state index contributed by atoms with van der Waals surface area (Å²) in [5, 5.41) is 5.51. The largest absolute Gasteiger partial charge is 0.308 e. The van der Waals surface area contributed by atoms with Crippen molar-refractivity contribution in [1.29, 1.82) is 0 Å². The van der Waals surface area contributed by atoms with E-state index in [1.54, 1.807) is 11.3 Å². The van der Waals surface area contributed by atoms with Crippen LogP contribution in [-0.2, 0) is 6.54 Å². The molecule has 0 bridgehead atoms. The second-order valence-electron chi connectivity index (χ2n) is 4.58. The van der Waals surface area contributed by atoms with E-state index < -0.39 is 0 Å². The van der Waals surface area contributed by atoms with Crippen LogP contribution >= 0.6 is 22.9 Å². The van der Waals surface area contributed by atoms with E-state index in [1.807, 2.05) is 12.1 Å². The molecule has 1 aliphatic rings. The number of thiazole rings is 1. The summed E-state index contributed by atoms with van der Waals surface area (Å²) < 4.78 is 1.22. The summed E-state index contributed by atoms with van der Waals surface area (Å²) in [6.45, 7) is 0.891. The highest BCUT2D eigenvalue weighted by atomic mass is 35.5. The molecular formula is C13H15ClN2S. The lowest BCUT2D eigenvalue weighted by molar-refractivity contribution is 0.523. The summed E-state index contributed by atoms with van der Waals surface area (Å²) in [6.07, 6.45) is 5.37. The van der Waals surface area contributed by atoms with Crippen molar-refractivity contribution < 1.29 is 0 Å². The molecule has 2 aromatic rings. The van der Waals surface area contributed by atoms with Crippen molar-refractivity contribution in [3.8, 4) is 0 Å². The van der Waals surface area contributed by atoms with Gasteiger partial charge in [-0.15, -0.1) is 11.3 Å². The Morgan fingerprint density at radius 1 is 1.35 bits per heavy atom. The zero-order valence-electron chi connectivity index (χ0n) is 9.58. The molecule has 0 radical (unpaired) electrons. The highest BCUT2D eigenvalue weighted by Crippen LogP contribution is 2.25. The quantitative estimate of drug-likeness (QED) is 0.909. The van der Waals surface area contributed by atoms with Crippen LogP contribution in [0.2, 0.25) is 5.02 Å². The van der Waals surface area contributed by atoms with Crippen molar-refractivity contribution in [1.82, 2.24) is 10.3 Å². The normalized spacial score (nSPS) is 17.0. The summed E-state index contributed by atoms with van der Waals surface area (Å²) in [7, 11) is 0. The van der Waals surface area contributed by atoms with Gasteiger partial charge >= 0.3 is 0 Å². The van der Waals surface area contributed by atoms with Crippen molar-refractivity contribution in [3.05, 3.63) is 28.2 Å². The predicted octanol–water partition coefficient (Wildman–Crippen LogP) is 3.98. The molecular weight excluding hydrogens is 252 g/mol. The Labute approximate surface area is 110 Å². The molecule has 0 amide bonds. The number of aromatic nitrogens is 1. The number of hydrogen-bond donors (Lipinski definition) is 1. The molecule has 1 aromatic carbocycles. The third-order valence-electron chi connectivity index (χ3n) is 3.29. The van der Waals surface area contributed by atoms with Crippen LogP contribution in [-0.4, -0.2) is 11.0 Å². The van der Waals surface area contributed by atoms with Crippen molar-refractivity contribution >= 4 is 33.2 Å². The van der Waals surface area contributed by atoms with Crippen LogP contribution in [0.4, 0.5) is 0 Å². The first-order chi connectivity index (χ1) is 8.31. The van der Waals surface area contributed by atoms with Crippen LogP contribution in [0.1, 0.15) is 30.7 Å². The maximum atomic E-state index is 5.96. The molecule has 1 fully saturated rings. The van der Waals surface area contributed by atoms with Gasteiger partial charge in [0.05, 0.1) is 10.2 Å². The smallest absolute Gasteiger partial charge is 0.108 e. The van der Waals surface area contributed by atoms with Gasteiger partial charge < -0.3 is 5.32 Å². The van der Waals surface area contributed by atoms with Crippen molar-refractivity contribution in [2.75, 3.05) is 0 Å². The molecule has 4 heteroatoms. The van der Waals surface area contributed by atoms with Crippen molar-refractivity contribution in [3.63, 3.8) is 0 Å². The van der Waals surface area contributed by atoms with Crippen molar-refractivity contribution in [2.45, 2.75) is 38.3 Å². The third kappa shape index (κ3) is 2.62. The Balaban J connectivity index is 1.72. The van der Waals surface area contributed by atoms with Gasteiger partial charge in [-0.3, -0.25) is 0 Å². The Morgan fingerprint density at radius 2 is 2.18 bits per heavy atom. The first kappa shape index (κ1) is 11.5. The van der Waals surface area contributed by atoms with E-state index in [9.17, 15) is 0 Å². The summed E-state index contributed by atoms with van der Waals surface area (Å²) in [5.41, 5.74) is 1.02. The molecule has 1 saturated carbocycles. The molecule has 1 heterocycles. The predicted molar refractivity (Wildman–Crippen MR) is 73.7 cm³/mol. The molecule has 0 atom stereocenters. The number of fused-ring (bicyclic) bond motifs is 1. The fraction of sp³-hybridized carbons (Fsp3) is 0.462. The minimum atomic E-state index is 0.700.